The highest BCUT2D eigenvalue weighted by Gasteiger charge is 2.19. The molecule has 0 aliphatic heterocycles. The Kier molecular flexibility index (Phi) is 48.6. The molecular formula is C57H110O6. The van der Waals surface area contributed by atoms with Gasteiger partial charge in [-0.25, -0.2) is 0 Å². The molecule has 0 amide bonds. The number of esters is 3. The molecule has 2 atom stereocenters. The third-order valence-electron chi connectivity index (χ3n) is 13.3. The molecule has 1 unspecified atom stereocenters. The Balaban J connectivity index is 4.24. The molecule has 0 aromatic carbocycles. The van der Waals surface area contributed by atoms with Crippen LogP contribution < -0.4 is 0 Å². The Morgan fingerprint density at radius 3 is 0.905 bits per heavy atom. The number of unbranched alkanes of at least 4 members (excludes halogenated alkanes) is 35. The summed E-state index contributed by atoms with van der Waals surface area (Å²) in [7, 11) is 0. The second-order valence-corrected chi connectivity index (χ2v) is 20.3. The van der Waals surface area contributed by atoms with Crippen LogP contribution in [0.2, 0.25) is 0 Å². The first-order chi connectivity index (χ1) is 30.8. The van der Waals surface area contributed by atoms with E-state index >= 15 is 0 Å². The van der Waals surface area contributed by atoms with Crippen molar-refractivity contribution in [3.63, 3.8) is 0 Å². The summed E-state index contributed by atoms with van der Waals surface area (Å²) in [6.07, 6.45) is 52.4. The van der Waals surface area contributed by atoms with Crippen molar-refractivity contribution in [1.29, 1.82) is 0 Å². The average molecular weight is 892 g/mol. The van der Waals surface area contributed by atoms with Crippen molar-refractivity contribution >= 4 is 17.9 Å². The fourth-order valence-electron chi connectivity index (χ4n) is 8.66. The van der Waals surface area contributed by atoms with Gasteiger partial charge in [0.1, 0.15) is 13.2 Å². The summed E-state index contributed by atoms with van der Waals surface area (Å²) >= 11 is 0. The first-order valence-corrected chi connectivity index (χ1v) is 28.3. The molecular weight excluding hydrogens is 781 g/mol. The van der Waals surface area contributed by atoms with Crippen molar-refractivity contribution in [2.24, 2.45) is 11.8 Å². The van der Waals surface area contributed by atoms with Crippen LogP contribution in [0.5, 0.6) is 0 Å². The third kappa shape index (κ3) is 49.7. The molecule has 0 saturated heterocycles. The molecule has 374 valence electrons. The predicted molar refractivity (Wildman–Crippen MR) is 270 cm³/mol. The van der Waals surface area contributed by atoms with Crippen molar-refractivity contribution in [2.75, 3.05) is 13.2 Å². The molecule has 6 heteroatoms. The number of rotatable bonds is 51. The van der Waals surface area contributed by atoms with Crippen LogP contribution in [-0.4, -0.2) is 37.2 Å². The van der Waals surface area contributed by atoms with Crippen molar-refractivity contribution in [3.8, 4) is 0 Å². The number of hydrogen-bond acceptors (Lipinski definition) is 6. The normalized spacial score (nSPS) is 12.5. The van der Waals surface area contributed by atoms with Crippen LogP contribution in [0.1, 0.15) is 317 Å². The third-order valence-corrected chi connectivity index (χ3v) is 13.3. The van der Waals surface area contributed by atoms with Crippen molar-refractivity contribution in [2.45, 2.75) is 323 Å². The molecule has 0 N–H and O–H groups in total. The maximum absolute atomic E-state index is 12.8. The SMILES string of the molecule is CCCCCCCCCCCCCCCCCCCCCC(=O)OC[C@@H](COC(=O)CCCCCCCCC(C)CC)OC(=O)CCCCCCCCCCCCCCCC(C)C. The maximum atomic E-state index is 12.8. The molecule has 0 spiro atoms. The molecule has 0 saturated carbocycles. The van der Waals surface area contributed by atoms with Crippen LogP contribution in [0.3, 0.4) is 0 Å². The summed E-state index contributed by atoms with van der Waals surface area (Å²) in [5, 5.41) is 0. The van der Waals surface area contributed by atoms with Crippen LogP contribution in [0.25, 0.3) is 0 Å². The average Bonchev–Trinajstić information content (AvgIpc) is 3.27. The number of hydrogen-bond donors (Lipinski definition) is 0. The van der Waals surface area contributed by atoms with Crippen molar-refractivity contribution in [1.82, 2.24) is 0 Å². The van der Waals surface area contributed by atoms with E-state index in [2.05, 4.69) is 34.6 Å². The van der Waals surface area contributed by atoms with E-state index in [-0.39, 0.29) is 31.1 Å². The Morgan fingerprint density at radius 2 is 0.603 bits per heavy atom. The zero-order valence-electron chi connectivity index (χ0n) is 43.2. The number of carbonyl (C=O) groups is 3. The first-order valence-electron chi connectivity index (χ1n) is 28.3. The second kappa shape index (κ2) is 49.8. The Labute approximate surface area is 393 Å². The van der Waals surface area contributed by atoms with Crippen molar-refractivity contribution in [3.05, 3.63) is 0 Å². The van der Waals surface area contributed by atoms with Gasteiger partial charge in [-0.2, -0.15) is 0 Å². The van der Waals surface area contributed by atoms with Crippen LogP contribution in [0.15, 0.2) is 0 Å². The van der Waals surface area contributed by atoms with Gasteiger partial charge in [-0.3, -0.25) is 14.4 Å². The highest BCUT2D eigenvalue weighted by atomic mass is 16.6. The van der Waals surface area contributed by atoms with Gasteiger partial charge in [0.25, 0.3) is 0 Å². The Bertz CT molecular complexity index is 964. The largest absolute Gasteiger partial charge is 0.462 e. The monoisotopic (exact) mass is 891 g/mol. The van der Waals surface area contributed by atoms with Gasteiger partial charge in [0.15, 0.2) is 6.10 Å². The van der Waals surface area contributed by atoms with Crippen LogP contribution >= 0.6 is 0 Å². The molecule has 0 aromatic heterocycles. The topological polar surface area (TPSA) is 78.9 Å². The van der Waals surface area contributed by atoms with E-state index < -0.39 is 6.10 Å². The fourth-order valence-corrected chi connectivity index (χ4v) is 8.66. The van der Waals surface area contributed by atoms with Gasteiger partial charge in [-0.1, -0.05) is 279 Å². The molecule has 0 aliphatic carbocycles. The lowest BCUT2D eigenvalue weighted by atomic mass is 10.00. The predicted octanol–water partition coefficient (Wildman–Crippen LogP) is 18.5. The zero-order valence-corrected chi connectivity index (χ0v) is 43.2. The van der Waals surface area contributed by atoms with Gasteiger partial charge in [0.05, 0.1) is 0 Å². The summed E-state index contributed by atoms with van der Waals surface area (Å²) in [6.45, 7) is 11.4. The fraction of sp³-hybridized carbons (Fsp3) is 0.947. The minimum absolute atomic E-state index is 0.0637. The molecule has 0 aliphatic rings. The van der Waals surface area contributed by atoms with E-state index in [0.29, 0.717) is 19.3 Å². The number of ether oxygens (including phenoxy) is 3. The van der Waals surface area contributed by atoms with E-state index in [9.17, 15) is 14.4 Å². The Hall–Kier alpha value is -1.59. The van der Waals surface area contributed by atoms with Gasteiger partial charge < -0.3 is 14.2 Å². The lowest BCUT2D eigenvalue weighted by Crippen LogP contribution is -2.30. The molecule has 0 radical (unpaired) electrons. The minimum Gasteiger partial charge on any atom is -0.462 e. The molecule has 0 fully saturated rings. The summed E-state index contributed by atoms with van der Waals surface area (Å²) < 4.78 is 16.9. The highest BCUT2D eigenvalue weighted by Crippen LogP contribution is 2.18. The van der Waals surface area contributed by atoms with Crippen LogP contribution in [0, 0.1) is 11.8 Å². The highest BCUT2D eigenvalue weighted by molar-refractivity contribution is 5.71. The molecule has 0 rings (SSSR count). The second-order valence-electron chi connectivity index (χ2n) is 20.3. The van der Waals surface area contributed by atoms with Gasteiger partial charge in [-0.15, -0.1) is 0 Å². The summed E-state index contributed by atoms with van der Waals surface area (Å²) in [5.41, 5.74) is 0. The summed E-state index contributed by atoms with van der Waals surface area (Å²) in [5.74, 6) is 0.806. The molecule has 0 aromatic rings. The smallest absolute Gasteiger partial charge is 0.306 e. The van der Waals surface area contributed by atoms with Gasteiger partial charge in [-0.05, 0) is 31.1 Å². The van der Waals surface area contributed by atoms with Gasteiger partial charge >= 0.3 is 17.9 Å². The van der Waals surface area contributed by atoms with E-state index in [0.717, 1.165) is 69.6 Å². The van der Waals surface area contributed by atoms with Gasteiger partial charge in [0.2, 0.25) is 0 Å². The van der Waals surface area contributed by atoms with Crippen LogP contribution in [-0.2, 0) is 28.6 Å². The summed E-state index contributed by atoms with van der Waals surface area (Å²) in [4.78, 5) is 38.0. The van der Waals surface area contributed by atoms with E-state index in [1.54, 1.807) is 0 Å². The van der Waals surface area contributed by atoms with Gasteiger partial charge in [0, 0.05) is 19.3 Å². The maximum Gasteiger partial charge on any atom is 0.306 e. The van der Waals surface area contributed by atoms with Crippen molar-refractivity contribution < 1.29 is 28.6 Å². The Morgan fingerprint density at radius 1 is 0.333 bits per heavy atom. The summed E-state index contributed by atoms with van der Waals surface area (Å²) in [6, 6.07) is 0. The quantitative estimate of drug-likeness (QED) is 0.0344. The minimum atomic E-state index is -0.763. The number of carbonyl (C=O) groups excluding carboxylic acids is 3. The zero-order chi connectivity index (χ0) is 46.1. The van der Waals surface area contributed by atoms with E-state index in [1.165, 1.54) is 205 Å². The molecule has 6 nitrogen and oxygen atoms in total. The standard InChI is InChI=1S/C57H110O6/c1-6-8-9-10-11-12-13-14-15-16-17-18-19-22-25-28-31-37-42-47-55(58)61-50-54(51-62-56(59)48-43-38-34-33-36-41-46-53(5)7-2)63-57(60)49-44-39-32-29-26-23-20-21-24-27-30-35-40-45-52(3)4/h52-54H,6-51H2,1-5H3/t53?,54-/m0/s1. The lowest BCUT2D eigenvalue weighted by molar-refractivity contribution is -0.167. The molecule has 0 bridgehead atoms. The lowest BCUT2D eigenvalue weighted by Gasteiger charge is -2.18. The molecule has 0 heterocycles. The molecule has 63 heavy (non-hydrogen) atoms. The van der Waals surface area contributed by atoms with E-state index in [4.69, 9.17) is 14.2 Å². The first kappa shape index (κ1) is 61.4. The van der Waals surface area contributed by atoms with E-state index in [1.807, 2.05) is 0 Å². The van der Waals surface area contributed by atoms with Crippen LogP contribution in [0.4, 0.5) is 0 Å².